The zero-order valence-corrected chi connectivity index (χ0v) is 9.60. The lowest BCUT2D eigenvalue weighted by Gasteiger charge is -2.18. The van der Waals surface area contributed by atoms with E-state index in [1.165, 1.54) is 6.42 Å². The lowest BCUT2D eigenvalue weighted by molar-refractivity contribution is 0.0547. The molecule has 0 aromatic rings. The molecule has 80 valence electrons. The molecule has 0 spiro atoms. The van der Waals surface area contributed by atoms with Gasteiger partial charge in [-0.05, 0) is 39.7 Å². The Morgan fingerprint density at radius 2 is 1.85 bits per heavy atom. The lowest BCUT2D eigenvalue weighted by atomic mass is 10.1. The molecule has 0 amide bonds. The van der Waals surface area contributed by atoms with E-state index in [0.29, 0.717) is 12.1 Å². The second-order valence-electron chi connectivity index (χ2n) is 3.77. The van der Waals surface area contributed by atoms with Gasteiger partial charge < -0.3 is 10.1 Å². The maximum atomic E-state index is 5.60. The highest BCUT2D eigenvalue weighted by Gasteiger charge is 2.07. The second-order valence-corrected chi connectivity index (χ2v) is 3.77. The highest BCUT2D eigenvalue weighted by molar-refractivity contribution is 4.64. The summed E-state index contributed by atoms with van der Waals surface area (Å²) in [5, 5.41) is 3.46. The molecule has 2 nitrogen and oxygen atoms in total. The van der Waals surface area contributed by atoms with Crippen molar-refractivity contribution in [2.24, 2.45) is 0 Å². The Morgan fingerprint density at radius 3 is 2.38 bits per heavy atom. The van der Waals surface area contributed by atoms with E-state index in [1.807, 2.05) is 0 Å². The minimum Gasteiger partial charge on any atom is -0.378 e. The first-order valence-corrected chi connectivity index (χ1v) is 5.55. The zero-order chi connectivity index (χ0) is 10.1. The molecule has 0 rings (SSSR count). The van der Waals surface area contributed by atoms with Gasteiger partial charge in [0.15, 0.2) is 0 Å². The zero-order valence-electron chi connectivity index (χ0n) is 9.60. The van der Waals surface area contributed by atoms with E-state index in [-0.39, 0.29) is 0 Å². The average molecular weight is 187 g/mol. The number of rotatable bonds is 8. The summed E-state index contributed by atoms with van der Waals surface area (Å²) in [5.41, 5.74) is 0. The van der Waals surface area contributed by atoms with Crippen molar-refractivity contribution in [2.45, 2.75) is 59.1 Å². The summed E-state index contributed by atoms with van der Waals surface area (Å²) in [5.74, 6) is 0. The summed E-state index contributed by atoms with van der Waals surface area (Å²) < 4.78 is 5.60. The van der Waals surface area contributed by atoms with Gasteiger partial charge in [0.1, 0.15) is 0 Å². The molecule has 0 radical (unpaired) electrons. The SMILES string of the molecule is CCCNC(C)CC(C)OCCC. The minimum absolute atomic E-state index is 0.388. The Labute approximate surface area is 83.1 Å². The van der Waals surface area contributed by atoms with E-state index < -0.39 is 0 Å². The average Bonchev–Trinajstić information content (AvgIpc) is 2.11. The maximum Gasteiger partial charge on any atom is 0.0561 e. The van der Waals surface area contributed by atoms with Gasteiger partial charge in [0.25, 0.3) is 0 Å². The number of hydrogen-bond donors (Lipinski definition) is 1. The first-order chi connectivity index (χ1) is 6.20. The van der Waals surface area contributed by atoms with Crippen molar-refractivity contribution < 1.29 is 4.74 Å². The van der Waals surface area contributed by atoms with Crippen molar-refractivity contribution in [1.29, 1.82) is 0 Å². The molecule has 0 heterocycles. The predicted octanol–water partition coefficient (Wildman–Crippen LogP) is 2.58. The molecule has 0 aliphatic carbocycles. The number of ether oxygens (including phenoxy) is 1. The molecule has 0 aromatic carbocycles. The van der Waals surface area contributed by atoms with Crippen LogP contribution in [0, 0.1) is 0 Å². The van der Waals surface area contributed by atoms with Gasteiger partial charge in [0.2, 0.25) is 0 Å². The van der Waals surface area contributed by atoms with E-state index in [1.54, 1.807) is 0 Å². The summed E-state index contributed by atoms with van der Waals surface area (Å²) in [6.45, 7) is 10.7. The topological polar surface area (TPSA) is 21.3 Å². The molecule has 2 atom stereocenters. The molecule has 0 aliphatic heterocycles. The predicted molar refractivity (Wildman–Crippen MR) is 58.1 cm³/mol. The molecule has 0 saturated heterocycles. The first-order valence-electron chi connectivity index (χ1n) is 5.55. The van der Waals surface area contributed by atoms with Gasteiger partial charge in [-0.2, -0.15) is 0 Å². The van der Waals surface area contributed by atoms with Crippen LogP contribution in [0.15, 0.2) is 0 Å². The van der Waals surface area contributed by atoms with Crippen molar-refractivity contribution in [2.75, 3.05) is 13.2 Å². The van der Waals surface area contributed by atoms with E-state index in [9.17, 15) is 0 Å². The Bertz CT molecular complexity index is 94.3. The standard InChI is InChI=1S/C11H25NO/c1-5-7-12-10(3)9-11(4)13-8-6-2/h10-12H,5-9H2,1-4H3. The minimum atomic E-state index is 0.388. The monoisotopic (exact) mass is 187 g/mol. The third-order valence-electron chi connectivity index (χ3n) is 2.03. The van der Waals surface area contributed by atoms with Crippen LogP contribution in [0.5, 0.6) is 0 Å². The molecular weight excluding hydrogens is 162 g/mol. The molecule has 0 aliphatic rings. The Kier molecular flexibility index (Phi) is 8.46. The molecular formula is C11H25NO. The normalized spacial score (nSPS) is 15.7. The molecule has 1 N–H and O–H groups in total. The third kappa shape index (κ3) is 8.26. The van der Waals surface area contributed by atoms with Gasteiger partial charge >= 0.3 is 0 Å². The molecule has 0 bridgehead atoms. The van der Waals surface area contributed by atoms with E-state index in [4.69, 9.17) is 4.74 Å². The number of nitrogens with one attached hydrogen (secondary N) is 1. The summed E-state index contributed by atoms with van der Waals surface area (Å²) in [4.78, 5) is 0. The first kappa shape index (κ1) is 12.9. The van der Waals surface area contributed by atoms with Crippen LogP contribution in [0.1, 0.15) is 47.0 Å². The highest BCUT2D eigenvalue weighted by atomic mass is 16.5. The van der Waals surface area contributed by atoms with Crippen LogP contribution >= 0.6 is 0 Å². The van der Waals surface area contributed by atoms with Crippen LogP contribution in [-0.2, 0) is 4.74 Å². The van der Waals surface area contributed by atoms with Crippen LogP contribution in [-0.4, -0.2) is 25.3 Å². The van der Waals surface area contributed by atoms with Crippen molar-refractivity contribution in [3.8, 4) is 0 Å². The van der Waals surface area contributed by atoms with Gasteiger partial charge in [-0.15, -0.1) is 0 Å². The van der Waals surface area contributed by atoms with Gasteiger partial charge in [0.05, 0.1) is 6.10 Å². The van der Waals surface area contributed by atoms with Crippen LogP contribution in [0.4, 0.5) is 0 Å². The van der Waals surface area contributed by atoms with Crippen molar-refractivity contribution in [1.82, 2.24) is 5.32 Å². The Hall–Kier alpha value is -0.0800. The van der Waals surface area contributed by atoms with Crippen LogP contribution in [0.3, 0.4) is 0 Å². The van der Waals surface area contributed by atoms with E-state index in [0.717, 1.165) is 26.0 Å². The van der Waals surface area contributed by atoms with Crippen molar-refractivity contribution >= 4 is 0 Å². The molecule has 0 saturated carbocycles. The maximum absolute atomic E-state index is 5.60. The van der Waals surface area contributed by atoms with Crippen molar-refractivity contribution in [3.05, 3.63) is 0 Å². The van der Waals surface area contributed by atoms with Gasteiger partial charge in [-0.3, -0.25) is 0 Å². The summed E-state index contributed by atoms with van der Waals surface area (Å²) in [7, 11) is 0. The van der Waals surface area contributed by atoms with Gasteiger partial charge in [-0.25, -0.2) is 0 Å². The molecule has 2 heteroatoms. The summed E-state index contributed by atoms with van der Waals surface area (Å²) in [6.07, 6.45) is 3.81. The molecule has 0 aromatic heterocycles. The lowest BCUT2D eigenvalue weighted by Crippen LogP contribution is -2.30. The fourth-order valence-corrected chi connectivity index (χ4v) is 1.36. The number of hydrogen-bond acceptors (Lipinski definition) is 2. The summed E-state index contributed by atoms with van der Waals surface area (Å²) >= 11 is 0. The second kappa shape index (κ2) is 8.52. The Balaban J connectivity index is 3.35. The molecule has 0 fully saturated rings. The molecule has 13 heavy (non-hydrogen) atoms. The summed E-state index contributed by atoms with van der Waals surface area (Å²) in [6, 6.07) is 0.576. The van der Waals surface area contributed by atoms with Crippen molar-refractivity contribution in [3.63, 3.8) is 0 Å². The van der Waals surface area contributed by atoms with E-state index in [2.05, 4.69) is 33.0 Å². The fourth-order valence-electron chi connectivity index (χ4n) is 1.36. The Morgan fingerprint density at radius 1 is 1.15 bits per heavy atom. The fraction of sp³-hybridized carbons (Fsp3) is 1.00. The van der Waals surface area contributed by atoms with Crippen LogP contribution < -0.4 is 5.32 Å². The van der Waals surface area contributed by atoms with E-state index >= 15 is 0 Å². The van der Waals surface area contributed by atoms with Gasteiger partial charge in [-0.1, -0.05) is 13.8 Å². The van der Waals surface area contributed by atoms with Crippen LogP contribution in [0.2, 0.25) is 0 Å². The van der Waals surface area contributed by atoms with Crippen LogP contribution in [0.25, 0.3) is 0 Å². The molecule has 2 unspecified atom stereocenters. The smallest absolute Gasteiger partial charge is 0.0561 e. The highest BCUT2D eigenvalue weighted by Crippen LogP contribution is 2.02. The van der Waals surface area contributed by atoms with Gasteiger partial charge in [0, 0.05) is 12.6 Å². The largest absolute Gasteiger partial charge is 0.378 e. The third-order valence-corrected chi connectivity index (χ3v) is 2.03. The quantitative estimate of drug-likeness (QED) is 0.630.